The van der Waals surface area contributed by atoms with E-state index in [1.807, 2.05) is 0 Å². The summed E-state index contributed by atoms with van der Waals surface area (Å²) in [7, 11) is -9.24. The molecule has 2 N–H and O–H groups in total. The van der Waals surface area contributed by atoms with Crippen LogP contribution in [0.5, 0.6) is 0 Å². The number of hydrogen-bond acceptors (Lipinski definition) is 4. The molecule has 0 aromatic heterocycles. The molecule has 10 heteroatoms. The molecule has 0 radical (unpaired) electrons. The van der Waals surface area contributed by atoms with Gasteiger partial charge in [0.15, 0.2) is 11.4 Å². The Kier molecular flexibility index (Phi) is 5.25. The maximum Gasteiger partial charge on any atom is 0.293 e. The Balaban J connectivity index is 2.63. The predicted octanol–water partition coefficient (Wildman–Crippen LogP) is 3.45. The van der Waals surface area contributed by atoms with Gasteiger partial charge in [-0.25, -0.2) is 9.69 Å². The molecule has 0 atom stereocenters. The van der Waals surface area contributed by atoms with Gasteiger partial charge >= 0.3 is 0 Å². The fourth-order valence-corrected chi connectivity index (χ4v) is 3.49. The van der Waals surface area contributed by atoms with Gasteiger partial charge in [-0.1, -0.05) is 36.4 Å². The minimum Gasteiger partial charge on any atom is -0.282 e. The van der Waals surface area contributed by atoms with Crippen LogP contribution >= 0.6 is 0 Å². The molecule has 0 unspecified atom stereocenters. The maximum absolute atomic E-state index is 11.5. The van der Waals surface area contributed by atoms with Gasteiger partial charge in [0, 0.05) is 0 Å². The van der Waals surface area contributed by atoms with Crippen molar-refractivity contribution >= 4 is 43.8 Å². The molecule has 2 aromatic rings. The average Bonchev–Trinajstić information content (AvgIpc) is 2.58. The minimum atomic E-state index is -4.62. The smallest absolute Gasteiger partial charge is 0.282 e. The highest BCUT2D eigenvalue weighted by Gasteiger charge is 2.17. The molecule has 0 aliphatic rings. The van der Waals surface area contributed by atoms with Crippen LogP contribution in [0, 0.1) is 13.1 Å². The summed E-state index contributed by atoms with van der Waals surface area (Å²) < 4.78 is 64.6. The zero-order valence-electron chi connectivity index (χ0n) is 12.9. The SMILES string of the molecule is [C-]#[N+]c1ccc(/C=C/c2ccc([N+]#[C-])cc2S(=O)(=O)O)c(S(=O)(=O)O)c1. The summed E-state index contributed by atoms with van der Waals surface area (Å²) >= 11 is 0. The van der Waals surface area contributed by atoms with E-state index in [1.54, 1.807) is 0 Å². The molecule has 8 nitrogen and oxygen atoms in total. The molecule has 0 spiro atoms. The van der Waals surface area contributed by atoms with E-state index >= 15 is 0 Å². The Labute approximate surface area is 150 Å². The Hall–Kier alpha value is -3.02. The topological polar surface area (TPSA) is 117 Å². The van der Waals surface area contributed by atoms with E-state index in [9.17, 15) is 25.9 Å². The van der Waals surface area contributed by atoms with Crippen molar-refractivity contribution in [1.82, 2.24) is 0 Å². The molecular formula is C16H10N2O6S2. The van der Waals surface area contributed by atoms with Gasteiger partial charge in [0.05, 0.1) is 22.9 Å². The molecule has 0 saturated carbocycles. The lowest BCUT2D eigenvalue weighted by Crippen LogP contribution is -2.01. The number of nitrogens with zero attached hydrogens (tertiary/aromatic N) is 2. The summed E-state index contributed by atoms with van der Waals surface area (Å²) in [5, 5.41) is 0. The lowest BCUT2D eigenvalue weighted by molar-refractivity contribution is 0.480. The van der Waals surface area contributed by atoms with Crippen LogP contribution in [0.15, 0.2) is 46.2 Å². The first-order chi connectivity index (χ1) is 12.1. The second-order valence-electron chi connectivity index (χ2n) is 4.95. The molecule has 132 valence electrons. The Morgan fingerprint density at radius 2 is 1.08 bits per heavy atom. The molecule has 0 bridgehead atoms. The summed E-state index contributed by atoms with van der Waals surface area (Å²) in [6.07, 6.45) is 2.41. The van der Waals surface area contributed by atoms with E-state index in [-0.39, 0.29) is 22.5 Å². The normalized spacial score (nSPS) is 11.8. The Morgan fingerprint density at radius 1 is 0.731 bits per heavy atom. The van der Waals surface area contributed by atoms with Crippen LogP contribution in [-0.2, 0) is 20.2 Å². The first-order valence-electron chi connectivity index (χ1n) is 6.72. The van der Waals surface area contributed by atoms with E-state index in [0.717, 1.165) is 12.1 Å². The van der Waals surface area contributed by atoms with E-state index in [4.69, 9.17) is 13.1 Å². The first-order valence-corrected chi connectivity index (χ1v) is 9.60. The van der Waals surface area contributed by atoms with Crippen molar-refractivity contribution in [2.75, 3.05) is 0 Å². The van der Waals surface area contributed by atoms with Gasteiger partial charge in [-0.05, 0) is 23.3 Å². The van der Waals surface area contributed by atoms with Crippen molar-refractivity contribution < 1.29 is 25.9 Å². The molecule has 2 aromatic carbocycles. The molecule has 0 saturated heterocycles. The van der Waals surface area contributed by atoms with Crippen molar-refractivity contribution in [2.45, 2.75) is 9.79 Å². The van der Waals surface area contributed by atoms with Crippen molar-refractivity contribution in [1.29, 1.82) is 0 Å². The predicted molar refractivity (Wildman–Crippen MR) is 94.0 cm³/mol. The van der Waals surface area contributed by atoms with Crippen LogP contribution in [-0.4, -0.2) is 25.9 Å². The van der Waals surface area contributed by atoms with Gasteiger partial charge in [-0.2, -0.15) is 16.8 Å². The maximum atomic E-state index is 11.5. The summed E-state index contributed by atoms with van der Waals surface area (Å²) in [4.78, 5) is 5.12. The number of hydrogen-bond donors (Lipinski definition) is 2. The molecule has 0 amide bonds. The van der Waals surface area contributed by atoms with E-state index in [2.05, 4.69) is 9.69 Å². The molecule has 2 rings (SSSR count). The fourth-order valence-electron chi connectivity index (χ4n) is 2.09. The van der Waals surface area contributed by atoms with Gasteiger partial charge in [-0.3, -0.25) is 9.11 Å². The summed E-state index contributed by atoms with van der Waals surface area (Å²) in [6, 6.07) is 7.16. The van der Waals surface area contributed by atoms with E-state index in [0.29, 0.717) is 0 Å². The van der Waals surface area contributed by atoms with Crippen molar-refractivity contribution in [3.05, 3.63) is 70.4 Å². The van der Waals surface area contributed by atoms with Crippen molar-refractivity contribution in [3.8, 4) is 0 Å². The minimum absolute atomic E-state index is 0.00481. The van der Waals surface area contributed by atoms with Crippen LogP contribution in [0.25, 0.3) is 21.8 Å². The summed E-state index contributed by atoms with van der Waals surface area (Å²) in [5.41, 5.74) is 0.00973. The Morgan fingerprint density at radius 3 is 1.35 bits per heavy atom. The molecule has 0 aliphatic heterocycles. The highest BCUT2D eigenvalue weighted by atomic mass is 32.2. The first kappa shape index (κ1) is 19.3. The summed E-state index contributed by atoms with van der Waals surface area (Å²) in [5.74, 6) is 0. The lowest BCUT2D eigenvalue weighted by atomic mass is 10.1. The summed E-state index contributed by atoms with van der Waals surface area (Å²) in [6.45, 7) is 13.8. The monoisotopic (exact) mass is 390 g/mol. The van der Waals surface area contributed by atoms with E-state index in [1.165, 1.54) is 36.4 Å². The van der Waals surface area contributed by atoms with Crippen LogP contribution in [0.2, 0.25) is 0 Å². The fraction of sp³-hybridized carbons (Fsp3) is 0. The van der Waals surface area contributed by atoms with Gasteiger partial charge in [-0.15, -0.1) is 0 Å². The van der Waals surface area contributed by atoms with Gasteiger partial charge < -0.3 is 0 Å². The highest BCUT2D eigenvalue weighted by Crippen LogP contribution is 2.27. The van der Waals surface area contributed by atoms with Crippen LogP contribution < -0.4 is 0 Å². The Bertz CT molecular complexity index is 1100. The second kappa shape index (κ2) is 7.07. The van der Waals surface area contributed by atoms with E-state index < -0.39 is 30.0 Å². The second-order valence-corrected chi connectivity index (χ2v) is 7.73. The molecule has 0 heterocycles. The van der Waals surface area contributed by atoms with Crippen LogP contribution in [0.1, 0.15) is 11.1 Å². The van der Waals surface area contributed by atoms with Crippen LogP contribution in [0.4, 0.5) is 11.4 Å². The molecule has 26 heavy (non-hydrogen) atoms. The molecule has 0 aliphatic carbocycles. The van der Waals surface area contributed by atoms with Gasteiger partial charge in [0.1, 0.15) is 0 Å². The largest absolute Gasteiger partial charge is 0.293 e. The third-order valence-corrected chi connectivity index (χ3v) is 5.07. The van der Waals surface area contributed by atoms with Gasteiger partial charge in [0.2, 0.25) is 0 Å². The van der Waals surface area contributed by atoms with Gasteiger partial charge in [0.25, 0.3) is 20.2 Å². The quantitative estimate of drug-likeness (QED) is 0.469. The third kappa shape index (κ3) is 4.33. The zero-order chi connectivity index (χ0) is 19.5. The standard InChI is InChI=1S/C16H10N2O6S2/c1-17-13-7-5-11(15(9-13)25(19,20)21)3-4-12-6-8-14(18-2)10-16(12)26(22,23)24/h3-10H,(H,19,20,21)(H,22,23,24)/b4-3+. The highest BCUT2D eigenvalue weighted by molar-refractivity contribution is 7.86. The number of benzene rings is 2. The van der Waals surface area contributed by atoms with Crippen LogP contribution in [0.3, 0.4) is 0 Å². The van der Waals surface area contributed by atoms with Crippen molar-refractivity contribution in [3.63, 3.8) is 0 Å². The lowest BCUT2D eigenvalue weighted by Gasteiger charge is -2.06. The average molecular weight is 390 g/mol. The third-order valence-electron chi connectivity index (χ3n) is 3.25. The molecule has 0 fully saturated rings. The van der Waals surface area contributed by atoms with Crippen molar-refractivity contribution in [2.24, 2.45) is 0 Å². The number of rotatable bonds is 4. The zero-order valence-corrected chi connectivity index (χ0v) is 14.5. The molecular weight excluding hydrogens is 380 g/mol.